The van der Waals surface area contributed by atoms with Crippen molar-refractivity contribution in [3.05, 3.63) is 65.7 Å². The summed E-state index contributed by atoms with van der Waals surface area (Å²) in [5.74, 6) is -0.298. The summed E-state index contributed by atoms with van der Waals surface area (Å²) in [4.78, 5) is 28.1. The normalized spacial score (nSPS) is 15.2. The molecule has 190 valence electrons. The van der Waals surface area contributed by atoms with Crippen molar-refractivity contribution in [1.29, 1.82) is 0 Å². The predicted octanol–water partition coefficient (Wildman–Crippen LogP) is 3.87. The molecule has 1 unspecified atom stereocenters. The van der Waals surface area contributed by atoms with Crippen LogP contribution in [0.3, 0.4) is 0 Å². The van der Waals surface area contributed by atoms with E-state index in [-0.39, 0.29) is 35.7 Å². The second-order valence-electron chi connectivity index (χ2n) is 9.42. The number of rotatable bonds is 11. The Hall–Kier alpha value is -2.71. The number of carbonyl (C=O) groups excluding carboxylic acids is 2. The van der Waals surface area contributed by atoms with Crippen LogP contribution in [0.2, 0.25) is 0 Å². The minimum atomic E-state index is -3.61. The lowest BCUT2D eigenvalue weighted by Gasteiger charge is -2.30. The largest absolute Gasteiger partial charge is 0.352 e. The molecule has 0 heterocycles. The summed E-state index contributed by atoms with van der Waals surface area (Å²) in [5.41, 5.74) is 2.05. The monoisotopic (exact) mass is 499 g/mol. The summed E-state index contributed by atoms with van der Waals surface area (Å²) in [6, 6.07) is 15.7. The molecule has 1 N–H and O–H groups in total. The van der Waals surface area contributed by atoms with Crippen LogP contribution in [-0.2, 0) is 26.2 Å². The number of benzene rings is 2. The molecule has 8 heteroatoms. The van der Waals surface area contributed by atoms with E-state index in [2.05, 4.69) is 5.32 Å². The third-order valence-electron chi connectivity index (χ3n) is 6.62. The first-order chi connectivity index (χ1) is 16.7. The van der Waals surface area contributed by atoms with Crippen LogP contribution in [0.15, 0.2) is 59.5 Å². The zero-order valence-corrected chi connectivity index (χ0v) is 21.8. The first-order valence-corrected chi connectivity index (χ1v) is 13.8. The van der Waals surface area contributed by atoms with Gasteiger partial charge in [-0.2, -0.15) is 0 Å². The molecule has 2 amide bonds. The molecule has 1 saturated carbocycles. The summed E-state index contributed by atoms with van der Waals surface area (Å²) >= 11 is 0. The maximum absolute atomic E-state index is 13.3. The molecule has 2 aromatic rings. The van der Waals surface area contributed by atoms with Crippen LogP contribution in [-0.4, -0.2) is 55.1 Å². The highest BCUT2D eigenvalue weighted by atomic mass is 32.2. The van der Waals surface area contributed by atoms with Gasteiger partial charge in [-0.3, -0.25) is 9.59 Å². The first-order valence-electron chi connectivity index (χ1n) is 12.4. The highest BCUT2D eigenvalue weighted by molar-refractivity contribution is 7.89. The van der Waals surface area contributed by atoms with Gasteiger partial charge in [-0.15, -0.1) is 0 Å². The van der Waals surface area contributed by atoms with Crippen LogP contribution in [0.4, 0.5) is 0 Å². The average Bonchev–Trinajstić information content (AvgIpc) is 3.35. The Balaban J connectivity index is 1.65. The van der Waals surface area contributed by atoms with Crippen LogP contribution in [0.5, 0.6) is 0 Å². The number of sulfonamides is 1. The molecule has 0 aliphatic heterocycles. The van der Waals surface area contributed by atoms with Crippen molar-refractivity contribution in [2.45, 2.75) is 75.9 Å². The summed E-state index contributed by atoms with van der Waals surface area (Å²) in [6.07, 6.45) is 4.71. The van der Waals surface area contributed by atoms with Crippen LogP contribution in [0.1, 0.15) is 56.6 Å². The standard InChI is InChI=1S/C27H37N3O4S/c1-21-11-9-12-23(19-21)20-30(22(2)27(32)28-24-13-7-8-14-24)26(31)17-10-18-29(3)35(33,34)25-15-5-4-6-16-25/h4-6,9,11-12,15-16,19,22,24H,7-8,10,13-14,17-18,20H2,1-3H3,(H,28,32). The van der Waals surface area contributed by atoms with E-state index in [9.17, 15) is 18.0 Å². The number of amides is 2. The Morgan fingerprint density at radius 3 is 2.40 bits per heavy atom. The van der Waals surface area contributed by atoms with Gasteiger partial charge >= 0.3 is 0 Å². The van der Waals surface area contributed by atoms with Gasteiger partial charge in [0.25, 0.3) is 0 Å². The lowest BCUT2D eigenvalue weighted by atomic mass is 10.1. The number of carbonyl (C=O) groups is 2. The SMILES string of the molecule is Cc1cccc(CN(C(=O)CCCN(C)S(=O)(=O)c2ccccc2)C(C)C(=O)NC2CCCC2)c1. The maximum atomic E-state index is 13.3. The molecule has 35 heavy (non-hydrogen) atoms. The van der Waals surface area contributed by atoms with E-state index >= 15 is 0 Å². The van der Waals surface area contributed by atoms with Crippen molar-refractivity contribution >= 4 is 21.8 Å². The topological polar surface area (TPSA) is 86.8 Å². The van der Waals surface area contributed by atoms with Crippen molar-refractivity contribution in [1.82, 2.24) is 14.5 Å². The van der Waals surface area contributed by atoms with Crippen molar-refractivity contribution in [3.8, 4) is 0 Å². The van der Waals surface area contributed by atoms with Crippen molar-refractivity contribution in [2.24, 2.45) is 0 Å². The predicted molar refractivity (Wildman–Crippen MR) is 137 cm³/mol. The van der Waals surface area contributed by atoms with E-state index in [1.165, 1.54) is 11.4 Å². The van der Waals surface area contributed by atoms with Gasteiger partial charge in [0.1, 0.15) is 6.04 Å². The number of nitrogens with zero attached hydrogens (tertiary/aromatic N) is 2. The van der Waals surface area contributed by atoms with E-state index in [1.54, 1.807) is 42.2 Å². The first kappa shape index (κ1) is 26.9. The van der Waals surface area contributed by atoms with E-state index in [1.807, 2.05) is 31.2 Å². The molecule has 1 fully saturated rings. The van der Waals surface area contributed by atoms with E-state index < -0.39 is 16.1 Å². The fourth-order valence-electron chi connectivity index (χ4n) is 4.47. The van der Waals surface area contributed by atoms with Crippen LogP contribution in [0.25, 0.3) is 0 Å². The molecule has 1 aliphatic rings. The Morgan fingerprint density at radius 1 is 1.06 bits per heavy atom. The average molecular weight is 500 g/mol. The van der Waals surface area contributed by atoms with Gasteiger partial charge in [0, 0.05) is 32.6 Å². The Labute approximate surface area is 209 Å². The van der Waals surface area contributed by atoms with Crippen LogP contribution >= 0.6 is 0 Å². The summed E-state index contributed by atoms with van der Waals surface area (Å²) in [6.45, 7) is 4.31. The molecule has 7 nitrogen and oxygen atoms in total. The fraction of sp³-hybridized carbons (Fsp3) is 0.481. The van der Waals surface area contributed by atoms with Gasteiger partial charge in [-0.1, -0.05) is 60.9 Å². The van der Waals surface area contributed by atoms with E-state index in [0.29, 0.717) is 13.0 Å². The van der Waals surface area contributed by atoms with Gasteiger partial charge in [0.15, 0.2) is 0 Å². The lowest BCUT2D eigenvalue weighted by molar-refractivity contribution is -0.141. The van der Waals surface area contributed by atoms with Crippen molar-refractivity contribution < 1.29 is 18.0 Å². The molecule has 2 aromatic carbocycles. The van der Waals surface area contributed by atoms with E-state index in [4.69, 9.17) is 0 Å². The summed E-state index contributed by atoms with van der Waals surface area (Å²) < 4.78 is 26.8. The zero-order valence-electron chi connectivity index (χ0n) is 20.9. The third kappa shape index (κ3) is 7.39. The fourth-order valence-corrected chi connectivity index (χ4v) is 5.70. The Bertz CT molecular complexity index is 1100. The second-order valence-corrected chi connectivity index (χ2v) is 11.5. The van der Waals surface area contributed by atoms with Gasteiger partial charge in [-0.25, -0.2) is 12.7 Å². The molecular weight excluding hydrogens is 462 g/mol. The summed E-state index contributed by atoms with van der Waals surface area (Å²) in [5, 5.41) is 3.10. The lowest BCUT2D eigenvalue weighted by Crippen LogP contribution is -2.49. The number of hydrogen-bond donors (Lipinski definition) is 1. The van der Waals surface area contributed by atoms with Gasteiger partial charge in [0.05, 0.1) is 4.90 Å². The molecule has 0 radical (unpaired) electrons. The molecule has 0 aromatic heterocycles. The second kappa shape index (κ2) is 12.3. The molecule has 3 rings (SSSR count). The minimum absolute atomic E-state index is 0.137. The maximum Gasteiger partial charge on any atom is 0.242 e. The molecule has 0 saturated heterocycles. The van der Waals surface area contributed by atoms with Crippen molar-refractivity contribution in [3.63, 3.8) is 0 Å². The molecule has 0 spiro atoms. The third-order valence-corrected chi connectivity index (χ3v) is 8.49. The van der Waals surface area contributed by atoms with Gasteiger partial charge in [0.2, 0.25) is 21.8 Å². The Kier molecular flexibility index (Phi) is 9.46. The quantitative estimate of drug-likeness (QED) is 0.508. The highest BCUT2D eigenvalue weighted by Gasteiger charge is 2.28. The zero-order chi connectivity index (χ0) is 25.4. The number of aryl methyl sites for hydroxylation is 1. The molecule has 1 aliphatic carbocycles. The van der Waals surface area contributed by atoms with Gasteiger partial charge in [-0.05, 0) is 50.8 Å². The molecular formula is C27H37N3O4S. The Morgan fingerprint density at radius 2 is 1.74 bits per heavy atom. The summed E-state index contributed by atoms with van der Waals surface area (Å²) in [7, 11) is -2.09. The van der Waals surface area contributed by atoms with Crippen LogP contribution < -0.4 is 5.32 Å². The molecule has 0 bridgehead atoms. The van der Waals surface area contributed by atoms with Crippen LogP contribution in [0, 0.1) is 6.92 Å². The van der Waals surface area contributed by atoms with Crippen molar-refractivity contribution in [2.75, 3.05) is 13.6 Å². The van der Waals surface area contributed by atoms with Gasteiger partial charge < -0.3 is 10.2 Å². The molecule has 1 atom stereocenters. The smallest absolute Gasteiger partial charge is 0.242 e. The highest BCUT2D eigenvalue weighted by Crippen LogP contribution is 2.19. The minimum Gasteiger partial charge on any atom is -0.352 e. The van der Waals surface area contributed by atoms with E-state index in [0.717, 1.165) is 36.8 Å². The number of hydrogen-bond acceptors (Lipinski definition) is 4. The number of nitrogens with one attached hydrogen (secondary N) is 1.